The zero-order chi connectivity index (χ0) is 24.2. The monoisotopic (exact) mass is 474 g/mol. The van der Waals surface area contributed by atoms with Crippen LogP contribution in [0.15, 0.2) is 48.5 Å². The summed E-state index contributed by atoms with van der Waals surface area (Å²) >= 11 is 0. The zero-order valence-corrected chi connectivity index (χ0v) is 19.6. The maximum atomic E-state index is 13.1. The van der Waals surface area contributed by atoms with Crippen molar-refractivity contribution in [2.24, 2.45) is 16.7 Å². The molecule has 0 saturated heterocycles. The summed E-state index contributed by atoms with van der Waals surface area (Å²) in [5.74, 6) is -0.643. The Kier molecular flexibility index (Phi) is 5.13. The molecule has 2 amide bonds. The van der Waals surface area contributed by atoms with Gasteiger partial charge in [-0.15, -0.1) is 0 Å². The molecule has 7 nitrogen and oxygen atoms in total. The van der Waals surface area contributed by atoms with Crippen molar-refractivity contribution in [3.63, 3.8) is 0 Å². The third kappa shape index (κ3) is 3.60. The molecule has 4 aliphatic rings. The minimum absolute atomic E-state index is 0.00975. The third-order valence-electron chi connectivity index (χ3n) is 8.88. The minimum Gasteiger partial charge on any atom is -0.481 e. The number of carboxylic acid groups (broad SMARTS) is 1. The van der Waals surface area contributed by atoms with Gasteiger partial charge in [-0.1, -0.05) is 55.0 Å². The Balaban J connectivity index is 1.04. The molecule has 3 N–H and O–H groups in total. The van der Waals surface area contributed by atoms with Crippen molar-refractivity contribution in [3.05, 3.63) is 59.7 Å². The fraction of sp³-hybridized carbons (Fsp3) is 0.464. The van der Waals surface area contributed by atoms with Crippen LogP contribution in [0.5, 0.6) is 0 Å². The van der Waals surface area contributed by atoms with Gasteiger partial charge >= 0.3 is 12.1 Å². The van der Waals surface area contributed by atoms with Crippen LogP contribution in [0, 0.1) is 16.7 Å². The summed E-state index contributed by atoms with van der Waals surface area (Å²) < 4.78 is 5.63. The first kappa shape index (κ1) is 22.1. The number of carbonyl (C=O) groups is 3. The second-order valence-corrected chi connectivity index (χ2v) is 10.8. The molecular formula is C28H30N2O5. The molecule has 35 heavy (non-hydrogen) atoms. The molecule has 0 unspecified atom stereocenters. The van der Waals surface area contributed by atoms with Gasteiger partial charge in [0, 0.05) is 18.5 Å². The molecule has 3 saturated carbocycles. The van der Waals surface area contributed by atoms with Crippen molar-refractivity contribution in [1.29, 1.82) is 0 Å². The number of hydrogen-bond acceptors (Lipinski definition) is 4. The van der Waals surface area contributed by atoms with E-state index in [1.54, 1.807) is 0 Å². The molecule has 0 heterocycles. The number of fused-ring (bicyclic) bond motifs is 4. The first-order valence-electron chi connectivity index (χ1n) is 12.6. The highest BCUT2D eigenvalue weighted by atomic mass is 16.5. The third-order valence-corrected chi connectivity index (χ3v) is 8.88. The van der Waals surface area contributed by atoms with E-state index in [0.29, 0.717) is 19.3 Å². The molecule has 0 aromatic heterocycles. The second-order valence-electron chi connectivity index (χ2n) is 10.8. The van der Waals surface area contributed by atoms with Gasteiger partial charge in [0.05, 0.1) is 10.8 Å². The normalized spacial score (nSPS) is 27.1. The lowest BCUT2D eigenvalue weighted by molar-refractivity contribution is -0.144. The Labute approximate surface area is 204 Å². The van der Waals surface area contributed by atoms with Gasteiger partial charge in [0.25, 0.3) is 0 Å². The summed E-state index contributed by atoms with van der Waals surface area (Å²) in [5.41, 5.74) is 3.42. The SMILES string of the molecule is O=C(NCC1(C(=O)N[C@@H]2C[C@H]3C[C@@]3(C(=O)O)C2)CCC1)OCC1c2ccccc2-c2ccccc21. The maximum absolute atomic E-state index is 13.1. The average Bonchev–Trinajstić information content (AvgIpc) is 3.26. The van der Waals surface area contributed by atoms with Crippen molar-refractivity contribution in [3.8, 4) is 11.1 Å². The number of alkyl carbamates (subject to hydrolysis) is 1. The number of rotatable bonds is 7. The quantitative estimate of drug-likeness (QED) is 0.561. The predicted octanol–water partition coefficient (Wildman–Crippen LogP) is 4.06. The van der Waals surface area contributed by atoms with E-state index in [1.165, 1.54) is 11.1 Å². The molecular weight excluding hydrogens is 444 g/mol. The lowest BCUT2D eigenvalue weighted by Crippen LogP contribution is -2.54. The molecule has 0 spiro atoms. The van der Waals surface area contributed by atoms with Crippen LogP contribution in [0.2, 0.25) is 0 Å². The average molecular weight is 475 g/mol. The topological polar surface area (TPSA) is 105 Å². The fourth-order valence-electron chi connectivity index (χ4n) is 6.58. The minimum atomic E-state index is -0.741. The van der Waals surface area contributed by atoms with Gasteiger partial charge < -0.3 is 20.5 Å². The van der Waals surface area contributed by atoms with Gasteiger partial charge in [-0.25, -0.2) is 4.79 Å². The number of ether oxygens (including phenoxy) is 1. The van der Waals surface area contributed by atoms with Gasteiger partial charge in [-0.2, -0.15) is 0 Å². The van der Waals surface area contributed by atoms with Gasteiger partial charge in [-0.05, 0) is 60.3 Å². The van der Waals surface area contributed by atoms with E-state index < -0.39 is 22.9 Å². The Morgan fingerprint density at radius 2 is 1.63 bits per heavy atom. The predicted molar refractivity (Wildman–Crippen MR) is 129 cm³/mol. The standard InChI is InChI=1S/C28H30N2O5/c31-24(30-18-12-17-13-28(17,14-18)25(32)33)27(10-5-11-27)16-29-26(34)35-15-23-21-8-3-1-6-19(21)20-7-2-4-9-22(20)23/h1-4,6-9,17-18,23H,5,10-16H2,(H,29,34)(H,30,31)(H,32,33)/t17-,18+,28+/m0/s1. The van der Waals surface area contributed by atoms with Crippen molar-refractivity contribution in [2.75, 3.05) is 13.2 Å². The highest BCUT2D eigenvalue weighted by molar-refractivity contribution is 5.85. The first-order valence-corrected chi connectivity index (χ1v) is 12.6. The van der Waals surface area contributed by atoms with Gasteiger partial charge in [0.2, 0.25) is 5.91 Å². The van der Waals surface area contributed by atoms with Crippen molar-refractivity contribution in [1.82, 2.24) is 10.6 Å². The summed E-state index contributed by atoms with van der Waals surface area (Å²) in [5, 5.41) is 15.4. The molecule has 0 aliphatic heterocycles. The van der Waals surface area contributed by atoms with Gasteiger partial charge in [0.1, 0.15) is 6.61 Å². The van der Waals surface area contributed by atoms with Gasteiger partial charge in [-0.3, -0.25) is 9.59 Å². The molecule has 4 aliphatic carbocycles. The summed E-state index contributed by atoms with van der Waals surface area (Å²) in [6.45, 7) is 0.468. The molecule has 0 radical (unpaired) electrons. The molecule has 0 bridgehead atoms. The number of amides is 2. The maximum Gasteiger partial charge on any atom is 0.407 e. The molecule has 2 aromatic rings. The summed E-state index contributed by atoms with van der Waals surface area (Å²) in [6, 6.07) is 16.3. The van der Waals surface area contributed by atoms with E-state index in [2.05, 4.69) is 34.9 Å². The molecule has 7 heteroatoms. The first-order chi connectivity index (χ1) is 16.9. The Morgan fingerprint density at radius 1 is 0.971 bits per heavy atom. The Hall–Kier alpha value is -3.35. The van der Waals surface area contributed by atoms with Crippen LogP contribution in [-0.2, 0) is 14.3 Å². The number of carboxylic acids is 1. The van der Waals surface area contributed by atoms with Crippen LogP contribution < -0.4 is 10.6 Å². The van der Waals surface area contributed by atoms with Crippen molar-refractivity contribution >= 4 is 18.0 Å². The van der Waals surface area contributed by atoms with E-state index >= 15 is 0 Å². The molecule has 3 atom stereocenters. The van der Waals surface area contributed by atoms with Crippen molar-refractivity contribution < 1.29 is 24.2 Å². The van der Waals surface area contributed by atoms with Crippen LogP contribution in [0.1, 0.15) is 55.6 Å². The van der Waals surface area contributed by atoms with E-state index in [1.807, 2.05) is 24.3 Å². The van der Waals surface area contributed by atoms with E-state index in [-0.39, 0.29) is 36.9 Å². The second kappa shape index (κ2) is 8.11. The van der Waals surface area contributed by atoms with E-state index in [4.69, 9.17) is 4.74 Å². The largest absolute Gasteiger partial charge is 0.481 e. The highest BCUT2D eigenvalue weighted by Crippen LogP contribution is 2.63. The Bertz CT molecular complexity index is 1160. The molecule has 2 aromatic carbocycles. The smallest absolute Gasteiger partial charge is 0.407 e. The number of nitrogens with one attached hydrogen (secondary N) is 2. The fourth-order valence-corrected chi connectivity index (χ4v) is 6.58. The van der Waals surface area contributed by atoms with Crippen LogP contribution in [0.25, 0.3) is 11.1 Å². The summed E-state index contributed by atoms with van der Waals surface area (Å²) in [7, 11) is 0. The summed E-state index contributed by atoms with van der Waals surface area (Å²) in [4.78, 5) is 37.3. The number of hydrogen-bond donors (Lipinski definition) is 3. The molecule has 3 fully saturated rings. The lowest BCUT2D eigenvalue weighted by atomic mass is 9.68. The van der Waals surface area contributed by atoms with E-state index in [0.717, 1.165) is 30.4 Å². The van der Waals surface area contributed by atoms with Crippen LogP contribution in [-0.4, -0.2) is 42.3 Å². The zero-order valence-electron chi connectivity index (χ0n) is 19.6. The molecule has 6 rings (SSSR count). The van der Waals surface area contributed by atoms with Gasteiger partial charge in [0.15, 0.2) is 0 Å². The van der Waals surface area contributed by atoms with Crippen LogP contribution in [0.3, 0.4) is 0 Å². The highest BCUT2D eigenvalue weighted by Gasteiger charge is 2.65. The van der Waals surface area contributed by atoms with Crippen LogP contribution in [0.4, 0.5) is 4.79 Å². The number of aliphatic carboxylic acids is 1. The Morgan fingerprint density at radius 3 is 2.20 bits per heavy atom. The van der Waals surface area contributed by atoms with Crippen molar-refractivity contribution in [2.45, 2.75) is 50.5 Å². The number of carbonyl (C=O) groups excluding carboxylic acids is 2. The van der Waals surface area contributed by atoms with E-state index in [9.17, 15) is 19.5 Å². The number of benzene rings is 2. The van der Waals surface area contributed by atoms with Crippen LogP contribution >= 0.6 is 0 Å². The molecule has 182 valence electrons. The lowest BCUT2D eigenvalue weighted by Gasteiger charge is -2.41. The summed E-state index contributed by atoms with van der Waals surface area (Å²) in [6.07, 6.45) is 3.81.